The molecule has 3 atom stereocenters. The summed E-state index contributed by atoms with van der Waals surface area (Å²) in [4.78, 5) is 54.0. The predicted molar refractivity (Wildman–Crippen MR) is 118 cm³/mol. The molecular formula is C18H33N7O5S. The van der Waals surface area contributed by atoms with Crippen LogP contribution in [0.2, 0.25) is 0 Å². The van der Waals surface area contributed by atoms with Crippen LogP contribution in [0.25, 0.3) is 0 Å². The molecule has 1 heterocycles. The first-order valence-electron chi connectivity index (χ1n) is 10.1. The van der Waals surface area contributed by atoms with Crippen LogP contribution in [-0.2, 0) is 19.2 Å². The number of carboxylic acids is 1. The summed E-state index contributed by atoms with van der Waals surface area (Å²) < 4.78 is 0. The fourth-order valence-corrected chi connectivity index (χ4v) is 3.70. The minimum absolute atomic E-state index is 0.0890. The summed E-state index contributed by atoms with van der Waals surface area (Å²) in [7, 11) is 0. The van der Waals surface area contributed by atoms with Gasteiger partial charge in [-0.3, -0.25) is 24.2 Å². The first-order valence-corrected chi connectivity index (χ1v) is 11.5. The van der Waals surface area contributed by atoms with Crippen LogP contribution in [0.15, 0.2) is 4.99 Å². The first kappa shape index (κ1) is 26.5. The van der Waals surface area contributed by atoms with Crippen molar-refractivity contribution >= 4 is 41.4 Å². The Morgan fingerprint density at radius 2 is 1.97 bits per heavy atom. The first-order chi connectivity index (χ1) is 14.7. The molecule has 31 heavy (non-hydrogen) atoms. The zero-order valence-corrected chi connectivity index (χ0v) is 18.5. The Balaban J connectivity index is 2.79. The molecule has 13 heteroatoms. The van der Waals surface area contributed by atoms with Crippen LogP contribution in [0.4, 0.5) is 0 Å². The van der Waals surface area contributed by atoms with Crippen LogP contribution < -0.4 is 27.8 Å². The number of guanidine groups is 1. The SMILES string of the molecule is CSCCC(N)C(=O)N1CCCC1C(=O)NC(CCCN=C(N)N)C(=O)NCC(=O)O. The van der Waals surface area contributed by atoms with E-state index in [0.717, 1.165) is 5.75 Å². The number of nitrogens with two attached hydrogens (primary N) is 3. The Labute approximate surface area is 185 Å². The van der Waals surface area contributed by atoms with Gasteiger partial charge < -0.3 is 37.8 Å². The summed E-state index contributed by atoms with van der Waals surface area (Å²) in [5, 5.41) is 13.7. The molecule has 0 bridgehead atoms. The Hall–Kier alpha value is -2.54. The topological polar surface area (TPSA) is 206 Å². The lowest BCUT2D eigenvalue weighted by molar-refractivity contribution is -0.141. The van der Waals surface area contributed by atoms with Crippen LogP contribution >= 0.6 is 11.8 Å². The number of hydrogen-bond donors (Lipinski definition) is 6. The van der Waals surface area contributed by atoms with Gasteiger partial charge in [0.1, 0.15) is 18.6 Å². The second kappa shape index (κ2) is 13.7. The number of aliphatic carboxylic acids is 1. The molecular weight excluding hydrogens is 426 g/mol. The monoisotopic (exact) mass is 459 g/mol. The van der Waals surface area contributed by atoms with E-state index in [-0.39, 0.29) is 24.8 Å². The Bertz CT molecular complexity index is 672. The highest BCUT2D eigenvalue weighted by atomic mass is 32.2. The van der Waals surface area contributed by atoms with Crippen molar-refractivity contribution < 1.29 is 24.3 Å². The zero-order chi connectivity index (χ0) is 23.4. The van der Waals surface area contributed by atoms with Crippen molar-refractivity contribution in [2.45, 2.75) is 50.2 Å². The van der Waals surface area contributed by atoms with Gasteiger partial charge in [-0.1, -0.05) is 0 Å². The summed E-state index contributed by atoms with van der Waals surface area (Å²) >= 11 is 1.59. The van der Waals surface area contributed by atoms with Gasteiger partial charge in [0.05, 0.1) is 6.04 Å². The van der Waals surface area contributed by atoms with Crippen molar-refractivity contribution in [2.75, 3.05) is 31.6 Å². The number of nitrogens with zero attached hydrogens (tertiary/aromatic N) is 2. The molecule has 1 rings (SSSR count). The maximum absolute atomic E-state index is 12.9. The molecule has 0 aromatic rings. The van der Waals surface area contributed by atoms with Crippen LogP contribution in [-0.4, -0.2) is 89.4 Å². The summed E-state index contributed by atoms with van der Waals surface area (Å²) in [5.74, 6) is -1.95. The third kappa shape index (κ3) is 9.42. The van der Waals surface area contributed by atoms with Gasteiger partial charge in [0, 0.05) is 13.1 Å². The minimum Gasteiger partial charge on any atom is -0.480 e. The zero-order valence-electron chi connectivity index (χ0n) is 17.7. The van der Waals surface area contributed by atoms with Gasteiger partial charge in [0.2, 0.25) is 17.7 Å². The molecule has 9 N–H and O–H groups in total. The molecule has 0 aliphatic carbocycles. The summed E-state index contributed by atoms with van der Waals surface area (Å²) in [5.41, 5.74) is 16.5. The highest BCUT2D eigenvalue weighted by Crippen LogP contribution is 2.19. The van der Waals surface area contributed by atoms with Crippen molar-refractivity contribution in [3.8, 4) is 0 Å². The quantitative estimate of drug-likeness (QED) is 0.100. The lowest BCUT2D eigenvalue weighted by Gasteiger charge is -2.28. The standard InChI is InChI=1S/C18H33N7O5S/c1-31-9-6-11(19)17(30)25-8-3-5-13(25)16(29)24-12(4-2-7-22-18(20)21)15(28)23-10-14(26)27/h11-13H,2-10,19H2,1H3,(H,23,28)(H,24,29)(H,26,27)(H4,20,21,22). The number of nitrogens with one attached hydrogen (secondary N) is 2. The molecule has 176 valence electrons. The van der Waals surface area contributed by atoms with Gasteiger partial charge in [-0.15, -0.1) is 0 Å². The van der Waals surface area contributed by atoms with E-state index in [1.807, 2.05) is 6.26 Å². The molecule has 12 nitrogen and oxygen atoms in total. The highest BCUT2D eigenvalue weighted by Gasteiger charge is 2.37. The van der Waals surface area contributed by atoms with Gasteiger partial charge in [0.25, 0.3) is 0 Å². The molecule has 3 unspecified atom stereocenters. The van der Waals surface area contributed by atoms with Crippen LogP contribution in [0.5, 0.6) is 0 Å². The van der Waals surface area contributed by atoms with E-state index in [1.54, 1.807) is 11.8 Å². The third-order valence-electron chi connectivity index (χ3n) is 4.78. The van der Waals surface area contributed by atoms with E-state index in [0.29, 0.717) is 32.2 Å². The third-order valence-corrected chi connectivity index (χ3v) is 5.42. The summed E-state index contributed by atoms with van der Waals surface area (Å²) in [6.07, 6.45) is 4.13. The fraction of sp³-hybridized carbons (Fsp3) is 0.722. The van der Waals surface area contributed by atoms with Crippen molar-refractivity contribution in [1.29, 1.82) is 0 Å². The molecule has 0 saturated carbocycles. The fourth-order valence-electron chi connectivity index (χ4n) is 3.21. The maximum Gasteiger partial charge on any atom is 0.322 e. The molecule has 1 aliphatic heterocycles. The van der Waals surface area contributed by atoms with E-state index in [2.05, 4.69) is 15.6 Å². The van der Waals surface area contributed by atoms with Crippen molar-refractivity contribution in [1.82, 2.24) is 15.5 Å². The number of carboxylic acid groups (broad SMARTS) is 1. The molecule has 1 fully saturated rings. The minimum atomic E-state index is -1.20. The maximum atomic E-state index is 12.9. The van der Waals surface area contributed by atoms with Crippen molar-refractivity contribution in [3.63, 3.8) is 0 Å². The molecule has 1 aliphatic rings. The number of carbonyl (C=O) groups is 4. The Morgan fingerprint density at radius 1 is 1.26 bits per heavy atom. The summed E-state index contributed by atoms with van der Waals surface area (Å²) in [6, 6.07) is -2.39. The van der Waals surface area contributed by atoms with Gasteiger partial charge in [-0.25, -0.2) is 0 Å². The largest absolute Gasteiger partial charge is 0.480 e. The van der Waals surface area contributed by atoms with E-state index < -0.39 is 42.5 Å². The van der Waals surface area contributed by atoms with Crippen LogP contribution in [0.3, 0.4) is 0 Å². The Morgan fingerprint density at radius 3 is 2.58 bits per heavy atom. The number of likely N-dealkylation sites (tertiary alicyclic amines) is 1. The normalized spacial score (nSPS) is 17.5. The number of carbonyl (C=O) groups excluding carboxylic acids is 3. The molecule has 1 saturated heterocycles. The molecule has 0 aromatic carbocycles. The van der Waals surface area contributed by atoms with Crippen LogP contribution in [0.1, 0.15) is 32.1 Å². The van der Waals surface area contributed by atoms with E-state index in [4.69, 9.17) is 22.3 Å². The number of rotatable bonds is 13. The number of hydrogen-bond acceptors (Lipinski definition) is 7. The smallest absolute Gasteiger partial charge is 0.322 e. The average Bonchev–Trinajstić information content (AvgIpc) is 3.21. The second-order valence-corrected chi connectivity index (χ2v) is 8.18. The predicted octanol–water partition coefficient (Wildman–Crippen LogP) is -2.20. The molecule has 3 amide bonds. The van der Waals surface area contributed by atoms with E-state index >= 15 is 0 Å². The number of amides is 3. The number of aliphatic imine (C=N–C) groups is 1. The van der Waals surface area contributed by atoms with E-state index in [1.165, 1.54) is 4.90 Å². The lowest BCUT2D eigenvalue weighted by Crippen LogP contribution is -2.55. The van der Waals surface area contributed by atoms with Gasteiger partial charge in [0.15, 0.2) is 5.96 Å². The van der Waals surface area contributed by atoms with Gasteiger partial charge in [-0.05, 0) is 44.1 Å². The molecule has 0 aromatic heterocycles. The summed E-state index contributed by atoms with van der Waals surface area (Å²) in [6.45, 7) is 0.0982. The molecule has 0 spiro atoms. The van der Waals surface area contributed by atoms with Gasteiger partial charge >= 0.3 is 5.97 Å². The van der Waals surface area contributed by atoms with Crippen molar-refractivity contribution in [3.05, 3.63) is 0 Å². The van der Waals surface area contributed by atoms with Crippen LogP contribution in [0, 0.1) is 0 Å². The van der Waals surface area contributed by atoms with Gasteiger partial charge in [-0.2, -0.15) is 11.8 Å². The lowest BCUT2D eigenvalue weighted by atomic mass is 10.1. The van der Waals surface area contributed by atoms with E-state index in [9.17, 15) is 19.2 Å². The molecule has 0 radical (unpaired) electrons. The Kier molecular flexibility index (Phi) is 11.7. The average molecular weight is 460 g/mol. The second-order valence-electron chi connectivity index (χ2n) is 7.20. The van der Waals surface area contributed by atoms with Crippen molar-refractivity contribution in [2.24, 2.45) is 22.2 Å². The highest BCUT2D eigenvalue weighted by molar-refractivity contribution is 7.98. The number of thioether (sulfide) groups is 1.